The molecule has 36 heavy (non-hydrogen) atoms. The number of hydrogen-bond donors (Lipinski definition) is 0. The molecular formula is C25H22F3N4O4-. The Kier molecular flexibility index (Phi) is 6.57. The molecule has 0 fully saturated rings. The molecule has 0 N–H and O–H groups in total. The molecule has 188 valence electrons. The van der Waals surface area contributed by atoms with Crippen molar-refractivity contribution in [3.05, 3.63) is 92.5 Å². The van der Waals surface area contributed by atoms with E-state index in [0.717, 1.165) is 28.4 Å². The van der Waals surface area contributed by atoms with Crippen LogP contribution in [-0.2, 0) is 12.7 Å². The van der Waals surface area contributed by atoms with Gasteiger partial charge in [-0.2, -0.15) is 13.2 Å². The first-order valence-electron chi connectivity index (χ1n) is 11.3. The maximum atomic E-state index is 13.6. The van der Waals surface area contributed by atoms with Crippen molar-refractivity contribution >= 4 is 17.0 Å². The quantitative estimate of drug-likeness (QED) is 0.389. The predicted octanol–water partition coefficient (Wildman–Crippen LogP) is 3.14. The summed E-state index contributed by atoms with van der Waals surface area (Å²) in [7, 11) is 0. The average Bonchev–Trinajstić information content (AvgIpc) is 3.25. The highest BCUT2D eigenvalue weighted by Crippen LogP contribution is 2.32. The van der Waals surface area contributed by atoms with Gasteiger partial charge in [0, 0.05) is 12.7 Å². The van der Waals surface area contributed by atoms with E-state index in [4.69, 9.17) is 0 Å². The first kappa shape index (κ1) is 25.0. The van der Waals surface area contributed by atoms with Crippen LogP contribution in [0.1, 0.15) is 54.2 Å². The zero-order valence-corrected chi connectivity index (χ0v) is 19.5. The van der Waals surface area contributed by atoms with Gasteiger partial charge in [0.2, 0.25) is 0 Å². The third-order valence-electron chi connectivity index (χ3n) is 6.04. The number of aromatic nitrogens is 4. The number of aryl methyl sites for hydroxylation is 1. The normalized spacial score (nSPS) is 12.7. The molecule has 0 saturated carbocycles. The average molecular weight is 499 g/mol. The van der Waals surface area contributed by atoms with Crippen LogP contribution in [0.3, 0.4) is 0 Å². The molecule has 11 heteroatoms. The molecule has 2 aromatic carbocycles. The molecule has 0 saturated heterocycles. The van der Waals surface area contributed by atoms with Gasteiger partial charge in [-0.15, -0.1) is 0 Å². The highest BCUT2D eigenvalue weighted by Gasteiger charge is 2.31. The van der Waals surface area contributed by atoms with Gasteiger partial charge in [0.1, 0.15) is 0 Å². The van der Waals surface area contributed by atoms with Gasteiger partial charge in [-0.25, -0.2) is 9.78 Å². The Morgan fingerprint density at radius 2 is 1.86 bits per heavy atom. The second-order valence-electron chi connectivity index (χ2n) is 8.29. The minimum Gasteiger partial charge on any atom is -0.545 e. The zero-order valence-electron chi connectivity index (χ0n) is 19.5. The van der Waals surface area contributed by atoms with Crippen LogP contribution < -0.4 is 16.4 Å². The lowest BCUT2D eigenvalue weighted by molar-refractivity contribution is -0.255. The number of nitrogens with zero attached hydrogens (tertiary/aromatic N) is 4. The number of carbonyl (C=O) groups is 1. The summed E-state index contributed by atoms with van der Waals surface area (Å²) in [6.07, 6.45) is -1.61. The van der Waals surface area contributed by atoms with Crippen LogP contribution in [0, 0.1) is 0 Å². The molecule has 0 bridgehead atoms. The maximum absolute atomic E-state index is 13.6. The molecule has 4 aromatic rings. The highest BCUT2D eigenvalue weighted by molar-refractivity contribution is 5.85. The summed E-state index contributed by atoms with van der Waals surface area (Å²) in [6, 6.07) is 8.03. The molecule has 0 aliphatic carbocycles. The smallest absolute Gasteiger partial charge is 0.416 e. The van der Waals surface area contributed by atoms with Crippen molar-refractivity contribution in [2.24, 2.45) is 0 Å². The largest absolute Gasteiger partial charge is 0.545 e. The number of aromatic carboxylic acids is 1. The van der Waals surface area contributed by atoms with Crippen LogP contribution in [0.5, 0.6) is 0 Å². The van der Waals surface area contributed by atoms with Gasteiger partial charge in [0.25, 0.3) is 5.56 Å². The second kappa shape index (κ2) is 9.48. The Bertz CT molecular complexity index is 1570. The van der Waals surface area contributed by atoms with E-state index in [1.54, 1.807) is 31.5 Å². The van der Waals surface area contributed by atoms with E-state index in [9.17, 15) is 32.7 Å². The summed E-state index contributed by atoms with van der Waals surface area (Å²) in [5.74, 6) is -1.81. The highest BCUT2D eigenvalue weighted by atomic mass is 19.4. The standard InChI is InChI=1S/C25H23F3N4O4/c1-3-6-20(15-7-5-8-16(11-15)25(26,27)28)32-22(33)18(23(34)35)13-31(24(32)36)17-9-10-21-19(12-17)29-14-30(21)4-2/h5,7-14,20H,3-4,6H2,1-2H3,(H,34,35)/p-1. The molecule has 2 heterocycles. The Morgan fingerprint density at radius 3 is 2.50 bits per heavy atom. The van der Waals surface area contributed by atoms with Crippen molar-refractivity contribution in [2.75, 3.05) is 0 Å². The van der Waals surface area contributed by atoms with E-state index in [-0.39, 0.29) is 17.7 Å². The second-order valence-corrected chi connectivity index (χ2v) is 8.29. The van der Waals surface area contributed by atoms with E-state index in [2.05, 4.69) is 4.98 Å². The molecule has 0 aliphatic heterocycles. The van der Waals surface area contributed by atoms with Crippen LogP contribution in [-0.4, -0.2) is 24.7 Å². The number of rotatable bonds is 7. The molecule has 8 nitrogen and oxygen atoms in total. The molecule has 0 amide bonds. The molecule has 1 unspecified atom stereocenters. The SMILES string of the molecule is CCCC(c1cccc(C(F)(F)F)c1)n1c(=O)c(C(=O)[O-])cn(-c2ccc3c(c2)ncn3CC)c1=O. The summed E-state index contributed by atoms with van der Waals surface area (Å²) < 4.78 is 43.6. The number of carboxylic acid groups (broad SMARTS) is 1. The third-order valence-corrected chi connectivity index (χ3v) is 6.04. The Morgan fingerprint density at radius 1 is 1.11 bits per heavy atom. The van der Waals surface area contributed by atoms with Crippen LogP contribution in [0.2, 0.25) is 0 Å². The molecule has 4 rings (SSSR count). The zero-order chi connectivity index (χ0) is 26.2. The fourth-order valence-electron chi connectivity index (χ4n) is 4.27. The summed E-state index contributed by atoms with van der Waals surface area (Å²) in [5.41, 5.74) is -2.15. The minimum atomic E-state index is -4.64. The van der Waals surface area contributed by atoms with Crippen molar-refractivity contribution in [1.82, 2.24) is 18.7 Å². The number of fused-ring (bicyclic) bond motifs is 1. The van der Waals surface area contributed by atoms with Crippen LogP contribution in [0.15, 0.2) is 64.6 Å². The van der Waals surface area contributed by atoms with Gasteiger partial charge in [-0.05, 0) is 49.2 Å². The predicted molar refractivity (Wildman–Crippen MR) is 124 cm³/mol. The van der Waals surface area contributed by atoms with E-state index < -0.39 is 40.6 Å². The lowest BCUT2D eigenvalue weighted by Crippen LogP contribution is -2.46. The van der Waals surface area contributed by atoms with Gasteiger partial charge in [-0.3, -0.25) is 13.9 Å². The van der Waals surface area contributed by atoms with Crippen LogP contribution >= 0.6 is 0 Å². The summed E-state index contributed by atoms with van der Waals surface area (Å²) in [6.45, 7) is 4.33. The Balaban J connectivity index is 1.98. The topological polar surface area (TPSA) is 102 Å². The third kappa shape index (κ3) is 4.43. The fraction of sp³-hybridized carbons (Fsp3) is 0.280. The Labute approximate surface area is 202 Å². The number of carboxylic acids is 1. The molecule has 1 atom stereocenters. The molecule has 2 aromatic heterocycles. The van der Waals surface area contributed by atoms with Gasteiger partial charge >= 0.3 is 11.9 Å². The van der Waals surface area contributed by atoms with Crippen molar-refractivity contribution in [3.8, 4) is 5.69 Å². The molecular weight excluding hydrogens is 477 g/mol. The van der Waals surface area contributed by atoms with Crippen molar-refractivity contribution in [3.63, 3.8) is 0 Å². The van der Waals surface area contributed by atoms with E-state index in [0.29, 0.717) is 23.0 Å². The lowest BCUT2D eigenvalue weighted by Gasteiger charge is -2.22. The number of halogens is 3. The molecule has 0 spiro atoms. The van der Waals surface area contributed by atoms with Gasteiger partial charge in [0.05, 0.1) is 46.2 Å². The van der Waals surface area contributed by atoms with Gasteiger partial charge in [0.15, 0.2) is 0 Å². The van der Waals surface area contributed by atoms with Crippen molar-refractivity contribution < 1.29 is 23.1 Å². The molecule has 0 radical (unpaired) electrons. The lowest BCUT2D eigenvalue weighted by atomic mass is 9.99. The minimum absolute atomic E-state index is 0.0602. The fourth-order valence-corrected chi connectivity index (χ4v) is 4.27. The van der Waals surface area contributed by atoms with Gasteiger partial charge < -0.3 is 14.5 Å². The van der Waals surface area contributed by atoms with Crippen molar-refractivity contribution in [2.45, 2.75) is 45.5 Å². The number of carbonyl (C=O) groups excluding carboxylic acids is 1. The van der Waals surface area contributed by atoms with Crippen LogP contribution in [0.25, 0.3) is 16.7 Å². The van der Waals surface area contributed by atoms with E-state index in [1.165, 1.54) is 12.1 Å². The first-order chi connectivity index (χ1) is 17.1. The number of imidazole rings is 1. The van der Waals surface area contributed by atoms with Crippen LogP contribution in [0.4, 0.5) is 13.2 Å². The molecule has 0 aliphatic rings. The summed E-state index contributed by atoms with van der Waals surface area (Å²) in [4.78, 5) is 42.8. The van der Waals surface area contributed by atoms with E-state index in [1.807, 2.05) is 11.5 Å². The van der Waals surface area contributed by atoms with E-state index >= 15 is 0 Å². The summed E-state index contributed by atoms with van der Waals surface area (Å²) >= 11 is 0. The van der Waals surface area contributed by atoms with Gasteiger partial charge in [-0.1, -0.05) is 25.5 Å². The Hall–Kier alpha value is -4.15. The maximum Gasteiger partial charge on any atom is 0.416 e. The number of hydrogen-bond acceptors (Lipinski definition) is 5. The number of benzene rings is 2. The number of alkyl halides is 3. The summed E-state index contributed by atoms with van der Waals surface area (Å²) in [5, 5.41) is 11.8. The first-order valence-corrected chi connectivity index (χ1v) is 11.3. The van der Waals surface area contributed by atoms with Crippen molar-refractivity contribution in [1.29, 1.82) is 0 Å². The monoisotopic (exact) mass is 499 g/mol.